The van der Waals surface area contributed by atoms with Crippen molar-refractivity contribution in [3.63, 3.8) is 0 Å². The standard InChI is InChI=1S/C14H28N2O2/c1-12(2,3)10(15)14(7-8-14)9-16-11(17)18-13(4,5)6/h10H,7-9,15H2,1-6H3,(H,16,17). The molecule has 1 saturated carbocycles. The van der Waals surface area contributed by atoms with E-state index >= 15 is 0 Å². The second kappa shape index (κ2) is 4.72. The minimum absolute atomic E-state index is 0.0616. The van der Waals surface area contributed by atoms with Crippen LogP contribution in [0.5, 0.6) is 0 Å². The average Bonchev–Trinajstić information content (AvgIpc) is 2.90. The molecule has 1 fully saturated rings. The molecule has 1 aliphatic carbocycles. The van der Waals surface area contributed by atoms with Crippen molar-refractivity contribution in [1.29, 1.82) is 0 Å². The Balaban J connectivity index is 2.47. The number of nitrogens with one attached hydrogen (secondary N) is 1. The summed E-state index contributed by atoms with van der Waals surface area (Å²) in [5.41, 5.74) is 5.99. The van der Waals surface area contributed by atoms with Crippen molar-refractivity contribution in [2.75, 3.05) is 6.54 Å². The van der Waals surface area contributed by atoms with E-state index in [-0.39, 0.29) is 23.0 Å². The van der Waals surface area contributed by atoms with E-state index in [9.17, 15) is 4.79 Å². The monoisotopic (exact) mass is 256 g/mol. The second-order valence-electron chi connectivity index (χ2n) is 7.56. The van der Waals surface area contributed by atoms with Crippen LogP contribution in [0.3, 0.4) is 0 Å². The summed E-state index contributed by atoms with van der Waals surface area (Å²) in [7, 11) is 0. The van der Waals surface area contributed by atoms with Gasteiger partial charge in [0.25, 0.3) is 0 Å². The first-order valence-corrected chi connectivity index (χ1v) is 6.69. The lowest BCUT2D eigenvalue weighted by Crippen LogP contribution is -2.48. The van der Waals surface area contributed by atoms with Crippen LogP contribution in [-0.2, 0) is 4.74 Å². The van der Waals surface area contributed by atoms with Gasteiger partial charge in [-0.05, 0) is 39.0 Å². The summed E-state index contributed by atoms with van der Waals surface area (Å²) in [5.74, 6) is 0. The first kappa shape index (κ1) is 15.3. The molecule has 0 heterocycles. The summed E-state index contributed by atoms with van der Waals surface area (Å²) in [6.07, 6.45) is 1.82. The Morgan fingerprint density at radius 1 is 1.28 bits per heavy atom. The summed E-state index contributed by atoms with van der Waals surface area (Å²) in [5, 5.41) is 2.85. The highest BCUT2D eigenvalue weighted by molar-refractivity contribution is 5.67. The smallest absolute Gasteiger partial charge is 0.407 e. The van der Waals surface area contributed by atoms with Gasteiger partial charge in [0.05, 0.1) is 0 Å². The predicted octanol–water partition coefficient (Wildman–Crippen LogP) is 2.66. The molecule has 0 radical (unpaired) electrons. The van der Waals surface area contributed by atoms with Gasteiger partial charge >= 0.3 is 6.09 Å². The molecule has 1 amide bonds. The SMILES string of the molecule is CC(C)(C)OC(=O)NCC1(C(N)C(C)(C)C)CC1. The van der Waals surface area contributed by atoms with E-state index in [1.165, 1.54) is 0 Å². The molecule has 0 aromatic heterocycles. The van der Waals surface area contributed by atoms with Gasteiger partial charge in [-0.2, -0.15) is 0 Å². The van der Waals surface area contributed by atoms with E-state index < -0.39 is 5.60 Å². The van der Waals surface area contributed by atoms with Crippen LogP contribution in [0.25, 0.3) is 0 Å². The maximum Gasteiger partial charge on any atom is 0.407 e. The zero-order chi connectivity index (χ0) is 14.2. The topological polar surface area (TPSA) is 64.3 Å². The minimum atomic E-state index is -0.451. The van der Waals surface area contributed by atoms with Gasteiger partial charge in [0, 0.05) is 18.0 Å². The van der Waals surface area contributed by atoms with E-state index in [0.29, 0.717) is 6.54 Å². The largest absolute Gasteiger partial charge is 0.444 e. The summed E-state index contributed by atoms with van der Waals surface area (Å²) in [4.78, 5) is 11.6. The highest BCUT2D eigenvalue weighted by atomic mass is 16.6. The predicted molar refractivity (Wildman–Crippen MR) is 73.3 cm³/mol. The summed E-state index contributed by atoms with van der Waals surface area (Å²) >= 11 is 0. The summed E-state index contributed by atoms with van der Waals surface area (Å²) < 4.78 is 5.24. The van der Waals surface area contributed by atoms with Crippen LogP contribution < -0.4 is 11.1 Å². The molecule has 1 unspecified atom stereocenters. The third-order valence-corrected chi connectivity index (χ3v) is 3.47. The number of alkyl carbamates (subject to hydrolysis) is 1. The fraction of sp³-hybridized carbons (Fsp3) is 0.929. The Labute approximate surface area is 111 Å². The van der Waals surface area contributed by atoms with Gasteiger partial charge in [-0.1, -0.05) is 20.8 Å². The van der Waals surface area contributed by atoms with Gasteiger partial charge in [0.1, 0.15) is 5.60 Å². The van der Waals surface area contributed by atoms with E-state index in [1.54, 1.807) is 0 Å². The Morgan fingerprint density at radius 3 is 2.11 bits per heavy atom. The Bertz CT molecular complexity index is 309. The van der Waals surface area contributed by atoms with Crippen LogP contribution in [0.4, 0.5) is 4.79 Å². The highest BCUT2D eigenvalue weighted by Crippen LogP contribution is 2.51. The number of nitrogens with two attached hydrogens (primary N) is 1. The fourth-order valence-electron chi connectivity index (χ4n) is 2.24. The van der Waals surface area contributed by atoms with Crippen molar-refractivity contribution in [2.45, 2.75) is 66.0 Å². The molecule has 18 heavy (non-hydrogen) atoms. The quantitative estimate of drug-likeness (QED) is 0.816. The molecule has 3 N–H and O–H groups in total. The van der Waals surface area contributed by atoms with Gasteiger partial charge < -0.3 is 15.8 Å². The Kier molecular flexibility index (Phi) is 4.01. The molecule has 0 saturated heterocycles. The Morgan fingerprint density at radius 2 is 1.78 bits per heavy atom. The number of amides is 1. The van der Waals surface area contributed by atoms with Crippen molar-refractivity contribution in [3.8, 4) is 0 Å². The molecular formula is C14H28N2O2. The van der Waals surface area contributed by atoms with Gasteiger partial charge in [0.2, 0.25) is 0 Å². The van der Waals surface area contributed by atoms with Gasteiger partial charge in [-0.3, -0.25) is 0 Å². The molecule has 0 aromatic rings. The lowest BCUT2D eigenvalue weighted by molar-refractivity contribution is 0.0505. The number of hydrogen-bond donors (Lipinski definition) is 2. The van der Waals surface area contributed by atoms with Crippen LogP contribution in [0.15, 0.2) is 0 Å². The fourth-order valence-corrected chi connectivity index (χ4v) is 2.24. The molecule has 1 atom stereocenters. The van der Waals surface area contributed by atoms with Gasteiger partial charge in [-0.15, -0.1) is 0 Å². The van der Waals surface area contributed by atoms with E-state index in [1.807, 2.05) is 20.8 Å². The molecule has 4 heteroatoms. The van der Waals surface area contributed by atoms with E-state index in [4.69, 9.17) is 10.5 Å². The normalized spacial score (nSPS) is 20.2. The maximum atomic E-state index is 11.6. The van der Waals surface area contributed by atoms with Crippen LogP contribution >= 0.6 is 0 Å². The maximum absolute atomic E-state index is 11.6. The van der Waals surface area contributed by atoms with Crippen molar-refractivity contribution in [3.05, 3.63) is 0 Å². The number of carbonyl (C=O) groups is 1. The van der Waals surface area contributed by atoms with Gasteiger partial charge in [-0.25, -0.2) is 4.79 Å². The molecule has 1 rings (SSSR count). The molecule has 0 aromatic carbocycles. The average molecular weight is 256 g/mol. The van der Waals surface area contributed by atoms with Crippen LogP contribution in [0.1, 0.15) is 54.4 Å². The van der Waals surface area contributed by atoms with Crippen LogP contribution in [0, 0.1) is 10.8 Å². The van der Waals surface area contributed by atoms with Crippen LogP contribution in [-0.4, -0.2) is 24.3 Å². The van der Waals surface area contributed by atoms with E-state index in [2.05, 4.69) is 26.1 Å². The molecule has 4 nitrogen and oxygen atoms in total. The number of rotatable bonds is 3. The zero-order valence-electron chi connectivity index (χ0n) is 12.6. The second-order valence-corrected chi connectivity index (χ2v) is 7.56. The zero-order valence-corrected chi connectivity index (χ0v) is 12.6. The van der Waals surface area contributed by atoms with Crippen LogP contribution in [0.2, 0.25) is 0 Å². The summed E-state index contributed by atoms with van der Waals surface area (Å²) in [6, 6.07) is 0.0972. The van der Waals surface area contributed by atoms with Gasteiger partial charge in [0.15, 0.2) is 0 Å². The summed E-state index contributed by atoms with van der Waals surface area (Å²) in [6.45, 7) is 12.6. The first-order valence-electron chi connectivity index (χ1n) is 6.69. The molecular weight excluding hydrogens is 228 g/mol. The third-order valence-electron chi connectivity index (χ3n) is 3.47. The lowest BCUT2D eigenvalue weighted by atomic mass is 9.77. The Hall–Kier alpha value is -0.770. The molecule has 0 spiro atoms. The van der Waals surface area contributed by atoms with Crippen molar-refractivity contribution in [2.24, 2.45) is 16.6 Å². The first-order chi connectivity index (χ1) is 7.96. The minimum Gasteiger partial charge on any atom is -0.444 e. The molecule has 1 aliphatic rings. The molecule has 0 bridgehead atoms. The van der Waals surface area contributed by atoms with Crippen molar-refractivity contribution < 1.29 is 9.53 Å². The highest BCUT2D eigenvalue weighted by Gasteiger charge is 2.51. The molecule has 0 aliphatic heterocycles. The third kappa shape index (κ3) is 4.16. The van der Waals surface area contributed by atoms with E-state index in [0.717, 1.165) is 12.8 Å². The number of hydrogen-bond acceptors (Lipinski definition) is 3. The van der Waals surface area contributed by atoms with Crippen molar-refractivity contribution in [1.82, 2.24) is 5.32 Å². The lowest BCUT2D eigenvalue weighted by Gasteiger charge is -2.34. The van der Waals surface area contributed by atoms with Crippen molar-refractivity contribution >= 4 is 6.09 Å². The number of ether oxygens (including phenoxy) is 1. The number of carbonyl (C=O) groups excluding carboxylic acids is 1. The molecule has 106 valence electrons.